The molecule has 1 amide bonds. The third-order valence-electron chi connectivity index (χ3n) is 2.56. The van der Waals surface area contributed by atoms with Gasteiger partial charge in [0.15, 0.2) is 0 Å². The Hall–Kier alpha value is -2.84. The van der Waals surface area contributed by atoms with Gasteiger partial charge in [0, 0.05) is 19.2 Å². The van der Waals surface area contributed by atoms with Crippen molar-refractivity contribution >= 4 is 23.4 Å². The third-order valence-corrected chi connectivity index (χ3v) is 2.56. The second-order valence-corrected chi connectivity index (χ2v) is 5.62. The predicted molar refractivity (Wildman–Crippen MR) is 82.8 cm³/mol. The van der Waals surface area contributed by atoms with E-state index in [4.69, 9.17) is 9.84 Å². The molecule has 0 aromatic heterocycles. The van der Waals surface area contributed by atoms with E-state index in [2.05, 4.69) is 10.6 Å². The van der Waals surface area contributed by atoms with Crippen molar-refractivity contribution in [3.63, 3.8) is 0 Å². The van der Waals surface area contributed by atoms with E-state index >= 15 is 0 Å². The van der Waals surface area contributed by atoms with E-state index in [1.807, 2.05) is 0 Å². The maximum absolute atomic E-state index is 11.5. The molecule has 23 heavy (non-hydrogen) atoms. The number of hydrogen-bond acceptors (Lipinski definition) is 6. The van der Waals surface area contributed by atoms with E-state index in [9.17, 15) is 19.7 Å². The van der Waals surface area contributed by atoms with E-state index < -0.39 is 22.6 Å². The van der Waals surface area contributed by atoms with Crippen molar-refractivity contribution in [2.75, 3.05) is 18.4 Å². The number of nitrogens with zero attached hydrogens (tertiary/aromatic N) is 1. The molecule has 0 saturated carbocycles. The summed E-state index contributed by atoms with van der Waals surface area (Å²) in [5.41, 5.74) is -1.29. The summed E-state index contributed by atoms with van der Waals surface area (Å²) in [6.07, 6.45) is -0.625. The fourth-order valence-electron chi connectivity index (χ4n) is 1.72. The number of anilines is 1. The van der Waals surface area contributed by atoms with Crippen molar-refractivity contribution in [3.8, 4) is 0 Å². The highest BCUT2D eigenvalue weighted by Crippen LogP contribution is 2.28. The number of carbonyl (C=O) groups excluding carboxylic acids is 1. The first-order chi connectivity index (χ1) is 10.6. The first-order valence-corrected chi connectivity index (χ1v) is 6.83. The summed E-state index contributed by atoms with van der Waals surface area (Å²) in [6.45, 7) is 5.37. The molecule has 0 bridgehead atoms. The molecule has 1 aromatic carbocycles. The van der Waals surface area contributed by atoms with Crippen LogP contribution in [-0.2, 0) is 4.74 Å². The Bertz CT molecular complexity index is 577. The molecule has 0 fully saturated rings. The van der Waals surface area contributed by atoms with Crippen molar-refractivity contribution in [2.24, 2.45) is 0 Å². The van der Waals surface area contributed by atoms with E-state index in [0.717, 1.165) is 0 Å². The van der Waals surface area contributed by atoms with Crippen LogP contribution in [0.15, 0.2) is 18.2 Å². The highest BCUT2D eigenvalue weighted by atomic mass is 16.6. The lowest BCUT2D eigenvalue weighted by Gasteiger charge is -2.19. The summed E-state index contributed by atoms with van der Waals surface area (Å²) in [6, 6.07) is 3.76. The maximum atomic E-state index is 11.5. The molecule has 0 aliphatic carbocycles. The zero-order valence-electron chi connectivity index (χ0n) is 13.1. The standard InChI is InChI=1S/C14H19N3O6/c1-14(2,3)23-13(20)16-8-7-15-11-9(12(18)19)5-4-6-10(11)17(21)22/h4-6,15H,7-8H2,1-3H3,(H,16,20)(H,18,19). The molecule has 9 nitrogen and oxygen atoms in total. The van der Waals surface area contributed by atoms with Crippen LogP contribution in [0.25, 0.3) is 0 Å². The number of nitro groups is 1. The molecule has 0 saturated heterocycles. The fourth-order valence-corrected chi connectivity index (χ4v) is 1.72. The molecule has 1 aromatic rings. The summed E-state index contributed by atoms with van der Waals surface area (Å²) < 4.78 is 5.03. The van der Waals surface area contributed by atoms with Crippen molar-refractivity contribution < 1.29 is 24.4 Å². The predicted octanol–water partition coefficient (Wildman–Crippen LogP) is 2.23. The van der Waals surface area contributed by atoms with E-state index in [1.54, 1.807) is 20.8 Å². The summed E-state index contributed by atoms with van der Waals surface area (Å²) >= 11 is 0. The van der Waals surface area contributed by atoms with Gasteiger partial charge in [-0.05, 0) is 26.8 Å². The van der Waals surface area contributed by atoms with Gasteiger partial charge in [-0.2, -0.15) is 0 Å². The zero-order valence-corrected chi connectivity index (χ0v) is 13.1. The van der Waals surface area contributed by atoms with Crippen LogP contribution in [0.4, 0.5) is 16.2 Å². The van der Waals surface area contributed by atoms with Crippen LogP contribution < -0.4 is 10.6 Å². The van der Waals surface area contributed by atoms with Gasteiger partial charge in [0.05, 0.1) is 10.5 Å². The van der Waals surface area contributed by atoms with Gasteiger partial charge < -0.3 is 20.5 Å². The minimum absolute atomic E-state index is 0.101. The average Bonchev–Trinajstić information content (AvgIpc) is 2.41. The van der Waals surface area contributed by atoms with Crippen LogP contribution in [-0.4, -0.2) is 40.8 Å². The fraction of sp³-hybridized carbons (Fsp3) is 0.429. The molecule has 0 heterocycles. The Morgan fingerprint density at radius 1 is 1.30 bits per heavy atom. The first-order valence-electron chi connectivity index (χ1n) is 6.83. The van der Waals surface area contributed by atoms with Crippen LogP contribution >= 0.6 is 0 Å². The number of alkyl carbamates (subject to hydrolysis) is 1. The number of nitro benzene ring substituents is 1. The topological polar surface area (TPSA) is 131 Å². The second kappa shape index (κ2) is 7.43. The van der Waals surface area contributed by atoms with Gasteiger partial charge in [-0.15, -0.1) is 0 Å². The van der Waals surface area contributed by atoms with E-state index in [0.29, 0.717) is 0 Å². The van der Waals surface area contributed by atoms with Gasteiger partial charge >= 0.3 is 12.1 Å². The number of hydrogen-bond donors (Lipinski definition) is 3. The summed E-state index contributed by atoms with van der Waals surface area (Å²) in [5, 5.41) is 25.2. The number of para-hydroxylation sites is 1. The molecule has 3 N–H and O–H groups in total. The van der Waals surface area contributed by atoms with Crippen LogP contribution in [0.2, 0.25) is 0 Å². The smallest absolute Gasteiger partial charge is 0.407 e. The normalized spacial score (nSPS) is 10.7. The van der Waals surface area contributed by atoms with Gasteiger partial charge in [-0.25, -0.2) is 9.59 Å². The average molecular weight is 325 g/mol. The van der Waals surface area contributed by atoms with E-state index in [-0.39, 0.29) is 30.0 Å². The number of amides is 1. The molecule has 0 aliphatic rings. The van der Waals surface area contributed by atoms with E-state index in [1.165, 1.54) is 18.2 Å². The van der Waals surface area contributed by atoms with Crippen molar-refractivity contribution in [2.45, 2.75) is 26.4 Å². The number of aromatic carboxylic acids is 1. The summed E-state index contributed by atoms with van der Waals surface area (Å²) in [5.74, 6) is -1.28. The van der Waals surface area contributed by atoms with Gasteiger partial charge in [0.25, 0.3) is 5.69 Å². The molecular formula is C14H19N3O6. The van der Waals surface area contributed by atoms with Crippen molar-refractivity contribution in [1.29, 1.82) is 0 Å². The van der Waals surface area contributed by atoms with Crippen LogP contribution in [0.1, 0.15) is 31.1 Å². The summed E-state index contributed by atoms with van der Waals surface area (Å²) in [4.78, 5) is 32.9. The van der Waals surface area contributed by atoms with Gasteiger partial charge in [0.1, 0.15) is 11.3 Å². The van der Waals surface area contributed by atoms with Gasteiger partial charge in [0.2, 0.25) is 0 Å². The summed E-state index contributed by atoms with van der Waals surface area (Å²) in [7, 11) is 0. The number of carboxylic acids is 1. The number of carboxylic acid groups (broad SMARTS) is 1. The zero-order chi connectivity index (χ0) is 17.6. The van der Waals surface area contributed by atoms with Gasteiger partial charge in [-0.1, -0.05) is 6.07 Å². The molecule has 0 spiro atoms. The Balaban J connectivity index is 2.69. The number of nitrogens with one attached hydrogen (secondary N) is 2. The second-order valence-electron chi connectivity index (χ2n) is 5.62. The number of carbonyl (C=O) groups is 2. The molecule has 0 atom stereocenters. The lowest BCUT2D eigenvalue weighted by Crippen LogP contribution is -2.35. The first kappa shape index (κ1) is 18.2. The van der Waals surface area contributed by atoms with Crippen molar-refractivity contribution in [3.05, 3.63) is 33.9 Å². The monoisotopic (exact) mass is 325 g/mol. The SMILES string of the molecule is CC(C)(C)OC(=O)NCCNc1c(C(=O)O)cccc1[N+](=O)[O-]. The molecule has 1 rings (SSSR count). The largest absolute Gasteiger partial charge is 0.478 e. The maximum Gasteiger partial charge on any atom is 0.407 e. The molecule has 0 aliphatic heterocycles. The Morgan fingerprint density at radius 2 is 1.96 bits per heavy atom. The Labute approximate surface area is 132 Å². The number of benzene rings is 1. The quantitative estimate of drug-likeness (QED) is 0.415. The van der Waals surface area contributed by atoms with Crippen LogP contribution in [0.3, 0.4) is 0 Å². The van der Waals surface area contributed by atoms with Crippen LogP contribution in [0, 0.1) is 10.1 Å². The molecule has 126 valence electrons. The number of rotatable bonds is 6. The Kier molecular flexibility index (Phi) is 5.88. The number of ether oxygens (including phenoxy) is 1. The third kappa shape index (κ3) is 5.81. The highest BCUT2D eigenvalue weighted by molar-refractivity contribution is 5.96. The molecular weight excluding hydrogens is 306 g/mol. The Morgan fingerprint density at radius 3 is 2.48 bits per heavy atom. The van der Waals surface area contributed by atoms with Gasteiger partial charge in [-0.3, -0.25) is 10.1 Å². The van der Waals surface area contributed by atoms with Crippen LogP contribution in [0.5, 0.6) is 0 Å². The highest BCUT2D eigenvalue weighted by Gasteiger charge is 2.21. The lowest BCUT2D eigenvalue weighted by atomic mass is 10.1. The lowest BCUT2D eigenvalue weighted by molar-refractivity contribution is -0.384. The molecule has 0 radical (unpaired) electrons. The van der Waals surface area contributed by atoms with Crippen molar-refractivity contribution in [1.82, 2.24) is 5.32 Å². The minimum Gasteiger partial charge on any atom is -0.478 e. The minimum atomic E-state index is -1.28. The molecule has 0 unspecified atom stereocenters. The molecule has 9 heteroatoms.